The molecule has 1 aromatic heterocycles. The summed E-state index contributed by atoms with van der Waals surface area (Å²) in [5.74, 6) is 0. The van der Waals surface area contributed by atoms with Crippen molar-refractivity contribution in [1.29, 1.82) is 0 Å². The van der Waals surface area contributed by atoms with Gasteiger partial charge in [0.15, 0.2) is 0 Å². The Morgan fingerprint density at radius 3 is 2.14 bits per heavy atom. The summed E-state index contributed by atoms with van der Waals surface area (Å²) < 4.78 is 19.3. The molecule has 0 spiro atoms. The first-order chi connectivity index (χ1) is 17.6. The molecule has 5 aromatic rings. The van der Waals surface area contributed by atoms with E-state index in [9.17, 15) is 0 Å². The number of hydrogen-bond acceptors (Lipinski definition) is 3. The number of benzene rings is 4. The number of rotatable bonds is 2. The van der Waals surface area contributed by atoms with Crippen molar-refractivity contribution in [1.82, 2.24) is 0 Å². The minimum atomic E-state index is -0.401. The SMILES string of the molecule is CC1(C)c2ccccc2-c2c1ccc1oc3c(-c4cccc(B5OC(C)(C)C(C)(C)O5)c4)cccc3c21. The van der Waals surface area contributed by atoms with Crippen molar-refractivity contribution in [2.24, 2.45) is 0 Å². The molecule has 4 aromatic carbocycles. The summed E-state index contributed by atoms with van der Waals surface area (Å²) >= 11 is 0. The molecule has 0 N–H and O–H groups in total. The van der Waals surface area contributed by atoms with Crippen molar-refractivity contribution in [3.05, 3.63) is 90.0 Å². The lowest BCUT2D eigenvalue weighted by atomic mass is 9.78. The molecule has 1 saturated heterocycles. The standard InChI is InChI=1S/C33H31BO3/c1-31(2)25-16-8-7-13-23(25)28-26(31)17-18-27-29(28)24-15-10-14-22(30(24)35-27)20-11-9-12-21(19-20)34-36-32(3,4)33(5,6)37-34/h7-19H,1-6H3. The summed E-state index contributed by atoms with van der Waals surface area (Å²) in [6.07, 6.45) is 0. The summed E-state index contributed by atoms with van der Waals surface area (Å²) in [5, 5.41) is 2.35. The van der Waals surface area contributed by atoms with Gasteiger partial charge >= 0.3 is 7.12 Å². The van der Waals surface area contributed by atoms with Gasteiger partial charge in [0.25, 0.3) is 0 Å². The molecule has 0 bridgehead atoms. The highest BCUT2D eigenvalue weighted by Crippen LogP contribution is 2.53. The molecule has 7 rings (SSSR count). The van der Waals surface area contributed by atoms with E-state index in [0.717, 1.165) is 33.1 Å². The van der Waals surface area contributed by atoms with Crippen LogP contribution < -0.4 is 5.46 Å². The van der Waals surface area contributed by atoms with Gasteiger partial charge in [0.1, 0.15) is 11.2 Å². The van der Waals surface area contributed by atoms with Crippen LogP contribution in [0.1, 0.15) is 52.7 Å². The molecule has 37 heavy (non-hydrogen) atoms. The molecular weight excluding hydrogens is 455 g/mol. The van der Waals surface area contributed by atoms with E-state index in [4.69, 9.17) is 13.7 Å². The Morgan fingerprint density at radius 2 is 1.35 bits per heavy atom. The maximum Gasteiger partial charge on any atom is 0.494 e. The summed E-state index contributed by atoms with van der Waals surface area (Å²) in [4.78, 5) is 0. The molecule has 0 radical (unpaired) electrons. The molecule has 0 amide bonds. The Balaban J connectivity index is 1.41. The van der Waals surface area contributed by atoms with Gasteiger partial charge in [-0.3, -0.25) is 0 Å². The predicted molar refractivity (Wildman–Crippen MR) is 152 cm³/mol. The second-order valence-corrected chi connectivity index (χ2v) is 12.0. The third kappa shape index (κ3) is 3.09. The van der Waals surface area contributed by atoms with Crippen LogP contribution in [0.4, 0.5) is 0 Å². The van der Waals surface area contributed by atoms with Crippen LogP contribution >= 0.6 is 0 Å². The Kier molecular flexibility index (Phi) is 4.55. The van der Waals surface area contributed by atoms with Gasteiger partial charge in [-0.2, -0.15) is 0 Å². The van der Waals surface area contributed by atoms with Gasteiger partial charge in [0.05, 0.1) is 11.2 Å². The van der Waals surface area contributed by atoms with Crippen LogP contribution in [0, 0.1) is 0 Å². The lowest BCUT2D eigenvalue weighted by Crippen LogP contribution is -2.41. The minimum Gasteiger partial charge on any atom is -0.455 e. The normalized spacial score (nSPS) is 18.9. The van der Waals surface area contributed by atoms with Crippen molar-refractivity contribution in [2.75, 3.05) is 0 Å². The quantitative estimate of drug-likeness (QED) is 0.238. The van der Waals surface area contributed by atoms with Crippen LogP contribution in [-0.2, 0) is 14.7 Å². The van der Waals surface area contributed by atoms with Gasteiger partial charge in [0.2, 0.25) is 0 Å². The number of hydrogen-bond donors (Lipinski definition) is 0. The topological polar surface area (TPSA) is 31.6 Å². The van der Waals surface area contributed by atoms with Crippen molar-refractivity contribution >= 4 is 34.5 Å². The zero-order valence-electron chi connectivity index (χ0n) is 22.3. The molecular formula is C33H31BO3. The molecule has 2 heterocycles. The van der Waals surface area contributed by atoms with E-state index in [1.807, 2.05) is 0 Å². The zero-order chi connectivity index (χ0) is 25.7. The molecule has 3 nitrogen and oxygen atoms in total. The monoisotopic (exact) mass is 486 g/mol. The highest BCUT2D eigenvalue weighted by atomic mass is 16.7. The van der Waals surface area contributed by atoms with E-state index in [1.165, 1.54) is 27.6 Å². The fourth-order valence-corrected chi connectivity index (χ4v) is 6.14. The smallest absolute Gasteiger partial charge is 0.455 e. The van der Waals surface area contributed by atoms with E-state index < -0.39 is 7.12 Å². The Hall–Kier alpha value is -3.34. The average Bonchev–Trinajstić information content (AvgIpc) is 3.44. The van der Waals surface area contributed by atoms with Crippen molar-refractivity contribution in [3.63, 3.8) is 0 Å². The van der Waals surface area contributed by atoms with Gasteiger partial charge in [-0.05, 0) is 67.0 Å². The van der Waals surface area contributed by atoms with Crippen molar-refractivity contribution in [2.45, 2.75) is 58.2 Å². The summed E-state index contributed by atoms with van der Waals surface area (Å²) in [6.45, 7) is 13.0. The molecule has 1 fully saturated rings. The Bertz CT molecular complexity index is 1710. The summed E-state index contributed by atoms with van der Waals surface area (Å²) in [7, 11) is -0.401. The highest BCUT2D eigenvalue weighted by molar-refractivity contribution is 6.62. The van der Waals surface area contributed by atoms with E-state index in [-0.39, 0.29) is 16.6 Å². The van der Waals surface area contributed by atoms with Crippen LogP contribution in [0.2, 0.25) is 0 Å². The molecule has 4 heteroatoms. The van der Waals surface area contributed by atoms with Crippen LogP contribution in [0.5, 0.6) is 0 Å². The number of para-hydroxylation sites is 1. The lowest BCUT2D eigenvalue weighted by Gasteiger charge is -2.32. The third-order valence-corrected chi connectivity index (χ3v) is 8.93. The van der Waals surface area contributed by atoms with Crippen molar-refractivity contribution < 1.29 is 13.7 Å². The first-order valence-electron chi connectivity index (χ1n) is 13.1. The predicted octanol–water partition coefficient (Wildman–Crippen LogP) is 7.86. The second kappa shape index (κ2) is 7.37. The Morgan fingerprint density at radius 1 is 0.649 bits per heavy atom. The zero-order valence-corrected chi connectivity index (χ0v) is 22.3. The van der Waals surface area contributed by atoms with Gasteiger partial charge in [-0.15, -0.1) is 0 Å². The van der Waals surface area contributed by atoms with Gasteiger partial charge in [-0.1, -0.05) is 86.6 Å². The summed E-state index contributed by atoms with van der Waals surface area (Å²) in [5.41, 5.74) is 9.57. The molecule has 184 valence electrons. The fraction of sp³-hybridized carbons (Fsp3) is 0.273. The summed E-state index contributed by atoms with van der Waals surface area (Å²) in [6, 6.07) is 28.1. The molecule has 0 saturated carbocycles. The largest absolute Gasteiger partial charge is 0.494 e. The fourth-order valence-electron chi connectivity index (χ4n) is 6.14. The average molecular weight is 486 g/mol. The molecule has 2 aliphatic rings. The maximum atomic E-state index is 6.62. The molecule has 1 aliphatic heterocycles. The van der Waals surface area contributed by atoms with E-state index in [0.29, 0.717) is 0 Å². The third-order valence-electron chi connectivity index (χ3n) is 8.93. The first kappa shape index (κ1) is 22.8. The van der Waals surface area contributed by atoms with Crippen LogP contribution in [0.15, 0.2) is 83.3 Å². The van der Waals surface area contributed by atoms with E-state index in [1.54, 1.807) is 0 Å². The highest BCUT2D eigenvalue weighted by Gasteiger charge is 2.51. The van der Waals surface area contributed by atoms with E-state index in [2.05, 4.69) is 120 Å². The second-order valence-electron chi connectivity index (χ2n) is 12.0. The molecule has 1 aliphatic carbocycles. The van der Waals surface area contributed by atoms with Crippen molar-refractivity contribution in [3.8, 4) is 22.3 Å². The van der Waals surface area contributed by atoms with E-state index >= 15 is 0 Å². The van der Waals surface area contributed by atoms with Gasteiger partial charge in [-0.25, -0.2) is 0 Å². The van der Waals surface area contributed by atoms with Crippen LogP contribution in [-0.4, -0.2) is 18.3 Å². The minimum absolute atomic E-state index is 0.0432. The number of fused-ring (bicyclic) bond motifs is 7. The maximum absolute atomic E-state index is 6.62. The van der Waals surface area contributed by atoms with Gasteiger partial charge < -0.3 is 13.7 Å². The first-order valence-corrected chi connectivity index (χ1v) is 13.1. The Labute approximate surface area is 218 Å². The number of furan rings is 1. The molecule has 0 unspecified atom stereocenters. The van der Waals surface area contributed by atoms with Gasteiger partial charge in [0, 0.05) is 21.8 Å². The van der Waals surface area contributed by atoms with Crippen LogP contribution in [0.3, 0.4) is 0 Å². The van der Waals surface area contributed by atoms with Crippen LogP contribution in [0.25, 0.3) is 44.2 Å². The lowest BCUT2D eigenvalue weighted by molar-refractivity contribution is 0.00578. The molecule has 0 atom stereocenters.